The van der Waals surface area contributed by atoms with Gasteiger partial charge in [-0.15, -0.1) is 0 Å². The maximum Gasteiger partial charge on any atom is 0.326 e. The molecule has 1 aliphatic heterocycles. The number of hydrogen-bond acceptors (Lipinski definition) is 5. The van der Waals surface area contributed by atoms with Crippen molar-refractivity contribution in [2.24, 2.45) is 0 Å². The molecule has 0 saturated carbocycles. The Balaban J connectivity index is 2.03. The highest BCUT2D eigenvalue weighted by atomic mass is 16.4. The third kappa shape index (κ3) is 2.12. The lowest BCUT2D eigenvalue weighted by atomic mass is 10.1. The third-order valence-corrected chi connectivity index (χ3v) is 3.77. The number of amides is 1. The minimum absolute atomic E-state index is 0.304. The van der Waals surface area contributed by atoms with Gasteiger partial charge in [0.15, 0.2) is 0 Å². The van der Waals surface area contributed by atoms with Gasteiger partial charge in [-0.25, -0.2) is 14.3 Å². The first-order chi connectivity index (χ1) is 10.1. The van der Waals surface area contributed by atoms with Crippen molar-refractivity contribution < 1.29 is 14.7 Å². The Labute approximate surface area is 120 Å². The van der Waals surface area contributed by atoms with E-state index in [1.807, 2.05) is 6.92 Å². The zero-order chi connectivity index (χ0) is 15.0. The van der Waals surface area contributed by atoms with Crippen LogP contribution in [0, 0.1) is 0 Å². The van der Waals surface area contributed by atoms with Crippen molar-refractivity contribution in [1.29, 1.82) is 0 Å². The first-order valence-corrected chi connectivity index (χ1v) is 6.85. The van der Waals surface area contributed by atoms with E-state index in [4.69, 9.17) is 0 Å². The molecule has 2 aromatic rings. The van der Waals surface area contributed by atoms with Crippen LogP contribution >= 0.6 is 0 Å². The van der Waals surface area contributed by atoms with Crippen LogP contribution in [0.2, 0.25) is 0 Å². The highest BCUT2D eigenvalue weighted by molar-refractivity contribution is 5.97. The average Bonchev–Trinajstić information content (AvgIpc) is 3.13. The van der Waals surface area contributed by atoms with Crippen LogP contribution in [0.15, 0.2) is 12.5 Å². The zero-order valence-corrected chi connectivity index (χ0v) is 11.6. The molecular formula is C13H15N5O3. The summed E-state index contributed by atoms with van der Waals surface area (Å²) in [5.41, 5.74) is 1.09. The van der Waals surface area contributed by atoms with Crippen LogP contribution < -0.4 is 0 Å². The van der Waals surface area contributed by atoms with Gasteiger partial charge in [0.2, 0.25) is 0 Å². The molecular weight excluding hydrogens is 274 g/mol. The fourth-order valence-electron chi connectivity index (χ4n) is 2.76. The van der Waals surface area contributed by atoms with Gasteiger partial charge in [-0.3, -0.25) is 4.79 Å². The van der Waals surface area contributed by atoms with E-state index in [1.54, 1.807) is 0 Å². The second-order valence-corrected chi connectivity index (χ2v) is 4.94. The molecule has 110 valence electrons. The minimum Gasteiger partial charge on any atom is -0.480 e. The number of aromatic nitrogens is 4. The Morgan fingerprint density at radius 1 is 1.43 bits per heavy atom. The van der Waals surface area contributed by atoms with Crippen LogP contribution in [0.4, 0.5) is 0 Å². The maximum absolute atomic E-state index is 12.7. The standard InChI is InChI=1S/C13H15N5O3/c1-2-9-8(6-14-13-15-7-16-18(9)13)11(19)17-5-3-4-10(17)12(20)21/h6-7,10H,2-5H2,1H3,(H,20,21). The molecule has 0 bridgehead atoms. The highest BCUT2D eigenvalue weighted by Gasteiger charge is 2.35. The molecule has 0 radical (unpaired) electrons. The largest absolute Gasteiger partial charge is 0.480 e. The highest BCUT2D eigenvalue weighted by Crippen LogP contribution is 2.22. The Morgan fingerprint density at radius 3 is 2.95 bits per heavy atom. The van der Waals surface area contributed by atoms with Gasteiger partial charge in [-0.2, -0.15) is 10.1 Å². The number of aryl methyl sites for hydroxylation is 1. The Hall–Kier alpha value is -2.51. The van der Waals surface area contributed by atoms with Crippen molar-refractivity contribution >= 4 is 17.7 Å². The molecule has 1 atom stereocenters. The molecule has 0 aliphatic carbocycles. The van der Waals surface area contributed by atoms with Crippen LogP contribution in [0.1, 0.15) is 35.8 Å². The lowest BCUT2D eigenvalue weighted by Crippen LogP contribution is -2.41. The second-order valence-electron chi connectivity index (χ2n) is 4.94. The van der Waals surface area contributed by atoms with E-state index in [9.17, 15) is 14.7 Å². The summed E-state index contributed by atoms with van der Waals surface area (Å²) in [7, 11) is 0. The van der Waals surface area contributed by atoms with E-state index >= 15 is 0 Å². The average molecular weight is 289 g/mol. The van der Waals surface area contributed by atoms with Gasteiger partial charge in [0.05, 0.1) is 11.3 Å². The van der Waals surface area contributed by atoms with Gasteiger partial charge < -0.3 is 10.0 Å². The summed E-state index contributed by atoms with van der Waals surface area (Å²) in [6.45, 7) is 2.36. The molecule has 1 N–H and O–H groups in total. The molecule has 1 unspecified atom stereocenters. The molecule has 8 nitrogen and oxygen atoms in total. The van der Waals surface area contributed by atoms with E-state index in [2.05, 4.69) is 15.1 Å². The predicted molar refractivity (Wildman–Crippen MR) is 71.9 cm³/mol. The van der Waals surface area contributed by atoms with Gasteiger partial charge >= 0.3 is 5.97 Å². The number of carbonyl (C=O) groups is 2. The number of carboxylic acid groups (broad SMARTS) is 1. The van der Waals surface area contributed by atoms with Crippen molar-refractivity contribution in [3.8, 4) is 0 Å². The first kappa shape index (κ1) is 13.5. The molecule has 21 heavy (non-hydrogen) atoms. The molecule has 1 saturated heterocycles. The van der Waals surface area contributed by atoms with Crippen molar-refractivity contribution in [3.63, 3.8) is 0 Å². The van der Waals surface area contributed by atoms with E-state index < -0.39 is 12.0 Å². The molecule has 1 fully saturated rings. The number of aliphatic carboxylic acids is 1. The maximum atomic E-state index is 12.7. The number of nitrogens with zero attached hydrogens (tertiary/aromatic N) is 5. The molecule has 0 spiro atoms. The van der Waals surface area contributed by atoms with E-state index in [0.29, 0.717) is 42.8 Å². The van der Waals surface area contributed by atoms with Crippen molar-refractivity contribution in [3.05, 3.63) is 23.8 Å². The van der Waals surface area contributed by atoms with Crippen LogP contribution in [0.5, 0.6) is 0 Å². The summed E-state index contributed by atoms with van der Waals surface area (Å²) in [6, 6.07) is -0.756. The quantitative estimate of drug-likeness (QED) is 0.876. The second kappa shape index (κ2) is 5.12. The Bertz CT molecular complexity index is 711. The summed E-state index contributed by atoms with van der Waals surface area (Å²) < 4.78 is 1.53. The van der Waals surface area contributed by atoms with E-state index in [-0.39, 0.29) is 5.91 Å². The number of carbonyl (C=O) groups excluding carboxylic acids is 1. The lowest BCUT2D eigenvalue weighted by Gasteiger charge is -2.22. The SMILES string of the molecule is CCc1c(C(=O)N2CCCC2C(=O)O)cnc2ncnn12. The number of likely N-dealkylation sites (tertiary alicyclic amines) is 1. The fraction of sp³-hybridized carbons (Fsp3) is 0.462. The van der Waals surface area contributed by atoms with Crippen LogP contribution in [-0.2, 0) is 11.2 Å². The molecule has 0 aromatic carbocycles. The zero-order valence-electron chi connectivity index (χ0n) is 11.6. The monoisotopic (exact) mass is 289 g/mol. The van der Waals surface area contributed by atoms with Crippen LogP contribution in [0.3, 0.4) is 0 Å². The molecule has 2 aromatic heterocycles. The van der Waals surface area contributed by atoms with Crippen LogP contribution in [0.25, 0.3) is 5.78 Å². The summed E-state index contributed by atoms with van der Waals surface area (Å²) in [6.07, 6.45) is 4.60. The van der Waals surface area contributed by atoms with E-state index in [1.165, 1.54) is 21.9 Å². The van der Waals surface area contributed by atoms with Gasteiger partial charge in [0.1, 0.15) is 12.4 Å². The van der Waals surface area contributed by atoms with Gasteiger partial charge in [-0.1, -0.05) is 6.92 Å². The minimum atomic E-state index is -0.964. The van der Waals surface area contributed by atoms with Gasteiger partial charge in [0.25, 0.3) is 11.7 Å². The Morgan fingerprint density at radius 2 is 2.24 bits per heavy atom. The molecule has 3 heterocycles. The predicted octanol–water partition coefficient (Wildman–Crippen LogP) is 0.376. The Kier molecular flexibility index (Phi) is 3.28. The van der Waals surface area contributed by atoms with E-state index in [0.717, 1.165) is 0 Å². The number of hydrogen-bond donors (Lipinski definition) is 1. The third-order valence-electron chi connectivity index (χ3n) is 3.77. The van der Waals surface area contributed by atoms with Crippen LogP contribution in [-0.4, -0.2) is 54.1 Å². The first-order valence-electron chi connectivity index (χ1n) is 6.85. The normalized spacial score (nSPS) is 18.3. The number of rotatable bonds is 3. The molecule has 1 amide bonds. The van der Waals surface area contributed by atoms with Gasteiger partial charge in [-0.05, 0) is 19.3 Å². The van der Waals surface area contributed by atoms with Crippen molar-refractivity contribution in [1.82, 2.24) is 24.5 Å². The number of carboxylic acids is 1. The molecule has 1 aliphatic rings. The van der Waals surface area contributed by atoms with Crippen molar-refractivity contribution in [2.45, 2.75) is 32.2 Å². The molecule has 8 heteroatoms. The summed E-state index contributed by atoms with van der Waals surface area (Å²) >= 11 is 0. The lowest BCUT2D eigenvalue weighted by molar-refractivity contribution is -0.141. The number of fused-ring (bicyclic) bond motifs is 1. The van der Waals surface area contributed by atoms with Gasteiger partial charge in [0, 0.05) is 12.7 Å². The smallest absolute Gasteiger partial charge is 0.326 e. The summed E-state index contributed by atoms with van der Waals surface area (Å²) in [5.74, 6) is -0.838. The fourth-order valence-corrected chi connectivity index (χ4v) is 2.76. The van der Waals surface area contributed by atoms with Crippen molar-refractivity contribution in [2.75, 3.05) is 6.54 Å². The topological polar surface area (TPSA) is 101 Å². The summed E-state index contributed by atoms with van der Waals surface area (Å²) in [5, 5.41) is 13.3. The molecule has 3 rings (SSSR count). The summed E-state index contributed by atoms with van der Waals surface area (Å²) in [4.78, 5) is 33.4.